The van der Waals surface area contributed by atoms with Gasteiger partial charge in [0, 0.05) is 12.4 Å². The molecule has 0 atom stereocenters. The number of nitrogens with zero attached hydrogens (tertiary/aromatic N) is 2. The molecule has 0 bridgehead atoms. The molecular weight excluding hydrogens is 250 g/mol. The van der Waals surface area contributed by atoms with Crippen molar-refractivity contribution in [2.24, 2.45) is 0 Å². The third-order valence-corrected chi connectivity index (χ3v) is 2.64. The third kappa shape index (κ3) is 2.30. The molecule has 0 aliphatic carbocycles. The first-order valence-corrected chi connectivity index (χ1v) is 5.48. The molecule has 1 heterocycles. The zero-order valence-corrected chi connectivity index (χ0v) is 10.1. The van der Waals surface area contributed by atoms with Gasteiger partial charge in [0.1, 0.15) is 6.54 Å². The number of likely N-dealkylation sites (N-methyl/N-ethyl adjacent to an activating group) is 1. The summed E-state index contributed by atoms with van der Waals surface area (Å²) in [6.45, 7) is -0.319. The lowest BCUT2D eigenvalue weighted by atomic mass is 10.1. The quantitative estimate of drug-likeness (QED) is 0.799. The molecule has 0 saturated heterocycles. The van der Waals surface area contributed by atoms with Crippen LogP contribution in [0.1, 0.15) is 10.5 Å². The second-order valence-electron chi connectivity index (χ2n) is 3.84. The molecule has 0 aliphatic heterocycles. The fourth-order valence-corrected chi connectivity index (χ4v) is 1.72. The number of aromatic nitrogens is 2. The summed E-state index contributed by atoms with van der Waals surface area (Å²) in [7, 11) is 1.42. The maximum Gasteiger partial charge on any atom is 0.357 e. The number of nitrogens with one attached hydrogen (secondary N) is 1. The van der Waals surface area contributed by atoms with E-state index in [4.69, 9.17) is 5.11 Å². The van der Waals surface area contributed by atoms with Gasteiger partial charge in [0.15, 0.2) is 5.69 Å². The number of carboxylic acids is 1. The Morgan fingerprint density at radius 2 is 1.95 bits per heavy atom. The SMILES string of the molecule is CNC(=O)Cn1nc(C(=O)O)c2ccccc2c1=O. The van der Waals surface area contributed by atoms with Gasteiger partial charge >= 0.3 is 5.97 Å². The van der Waals surface area contributed by atoms with Crippen molar-refractivity contribution >= 4 is 22.6 Å². The van der Waals surface area contributed by atoms with Crippen molar-refractivity contribution in [1.29, 1.82) is 0 Å². The fourth-order valence-electron chi connectivity index (χ4n) is 1.72. The molecule has 1 aromatic heterocycles. The van der Waals surface area contributed by atoms with Crippen LogP contribution >= 0.6 is 0 Å². The summed E-state index contributed by atoms with van der Waals surface area (Å²) in [6, 6.07) is 6.27. The molecule has 2 rings (SSSR count). The Kier molecular flexibility index (Phi) is 3.28. The van der Waals surface area contributed by atoms with Gasteiger partial charge in [0.05, 0.1) is 5.39 Å². The summed E-state index contributed by atoms with van der Waals surface area (Å²) in [5, 5.41) is 15.7. The van der Waals surface area contributed by atoms with Gasteiger partial charge in [-0.2, -0.15) is 5.10 Å². The van der Waals surface area contributed by atoms with Gasteiger partial charge in [-0.15, -0.1) is 0 Å². The van der Waals surface area contributed by atoms with Crippen LogP contribution in [0.15, 0.2) is 29.1 Å². The van der Waals surface area contributed by atoms with Crippen LogP contribution in [0.5, 0.6) is 0 Å². The van der Waals surface area contributed by atoms with Gasteiger partial charge < -0.3 is 10.4 Å². The van der Waals surface area contributed by atoms with Gasteiger partial charge in [-0.1, -0.05) is 18.2 Å². The van der Waals surface area contributed by atoms with Gasteiger partial charge in [0.2, 0.25) is 5.91 Å². The fraction of sp³-hybridized carbons (Fsp3) is 0.167. The zero-order valence-electron chi connectivity index (χ0n) is 10.1. The lowest BCUT2D eigenvalue weighted by molar-refractivity contribution is -0.121. The molecule has 0 unspecified atom stereocenters. The smallest absolute Gasteiger partial charge is 0.357 e. The number of carboxylic acid groups (broad SMARTS) is 1. The lowest BCUT2D eigenvalue weighted by Crippen LogP contribution is -2.33. The molecule has 1 amide bonds. The number of hydrogen-bond donors (Lipinski definition) is 2. The van der Waals surface area contributed by atoms with E-state index in [1.807, 2.05) is 0 Å². The van der Waals surface area contributed by atoms with Crippen LogP contribution in [-0.2, 0) is 11.3 Å². The van der Waals surface area contributed by atoms with Crippen LogP contribution in [0.2, 0.25) is 0 Å². The molecule has 19 heavy (non-hydrogen) atoms. The monoisotopic (exact) mass is 261 g/mol. The zero-order chi connectivity index (χ0) is 14.0. The van der Waals surface area contributed by atoms with Crippen LogP contribution in [0, 0.1) is 0 Å². The van der Waals surface area contributed by atoms with Crippen LogP contribution in [-0.4, -0.2) is 33.8 Å². The van der Waals surface area contributed by atoms with E-state index in [0.717, 1.165) is 4.68 Å². The Balaban J connectivity index is 2.73. The summed E-state index contributed by atoms with van der Waals surface area (Å²) in [5.41, 5.74) is -0.747. The Bertz CT molecular complexity index is 720. The van der Waals surface area contributed by atoms with E-state index in [2.05, 4.69) is 10.4 Å². The van der Waals surface area contributed by atoms with Crippen LogP contribution < -0.4 is 10.9 Å². The number of amides is 1. The highest BCUT2D eigenvalue weighted by molar-refractivity contribution is 6.01. The van der Waals surface area contributed by atoms with E-state index >= 15 is 0 Å². The molecule has 2 aromatic rings. The van der Waals surface area contributed by atoms with Crippen molar-refractivity contribution in [3.8, 4) is 0 Å². The number of rotatable bonds is 3. The van der Waals surface area contributed by atoms with Crippen LogP contribution in [0.3, 0.4) is 0 Å². The number of aromatic carboxylic acids is 1. The van der Waals surface area contributed by atoms with Crippen molar-refractivity contribution < 1.29 is 14.7 Å². The van der Waals surface area contributed by atoms with Gasteiger partial charge in [-0.3, -0.25) is 9.59 Å². The normalized spacial score (nSPS) is 10.4. The first kappa shape index (κ1) is 12.7. The summed E-state index contributed by atoms with van der Waals surface area (Å²) >= 11 is 0. The molecular formula is C12H11N3O4. The van der Waals surface area contributed by atoms with Crippen molar-refractivity contribution in [3.63, 3.8) is 0 Å². The highest BCUT2D eigenvalue weighted by Crippen LogP contribution is 2.12. The number of carbonyl (C=O) groups excluding carboxylic acids is 1. The maximum absolute atomic E-state index is 12.1. The van der Waals surface area contributed by atoms with E-state index in [1.165, 1.54) is 19.2 Å². The first-order chi connectivity index (χ1) is 9.04. The molecule has 0 saturated carbocycles. The second kappa shape index (κ2) is 4.89. The third-order valence-electron chi connectivity index (χ3n) is 2.64. The van der Waals surface area contributed by atoms with Crippen LogP contribution in [0.4, 0.5) is 0 Å². The van der Waals surface area contributed by atoms with Gasteiger partial charge in [0.25, 0.3) is 5.56 Å². The number of fused-ring (bicyclic) bond motifs is 1. The molecule has 2 N–H and O–H groups in total. The molecule has 7 nitrogen and oxygen atoms in total. The summed E-state index contributed by atoms with van der Waals surface area (Å²) in [5.74, 6) is -1.68. The lowest BCUT2D eigenvalue weighted by Gasteiger charge is -2.07. The van der Waals surface area contributed by atoms with Gasteiger partial charge in [-0.05, 0) is 6.07 Å². The van der Waals surface area contributed by atoms with E-state index in [9.17, 15) is 14.4 Å². The Hall–Kier alpha value is -2.70. The Morgan fingerprint density at radius 3 is 2.53 bits per heavy atom. The van der Waals surface area contributed by atoms with E-state index in [1.54, 1.807) is 12.1 Å². The highest BCUT2D eigenvalue weighted by Gasteiger charge is 2.16. The topological polar surface area (TPSA) is 101 Å². The summed E-state index contributed by atoms with van der Waals surface area (Å²) < 4.78 is 0.852. The Labute approximate surface area is 107 Å². The molecule has 7 heteroatoms. The van der Waals surface area contributed by atoms with E-state index < -0.39 is 17.4 Å². The van der Waals surface area contributed by atoms with Crippen molar-refractivity contribution in [1.82, 2.24) is 15.1 Å². The predicted octanol–water partition coefficient (Wildman–Crippen LogP) is -0.159. The average Bonchev–Trinajstić information content (AvgIpc) is 2.41. The second-order valence-corrected chi connectivity index (χ2v) is 3.84. The summed E-state index contributed by atoms with van der Waals surface area (Å²) in [6.07, 6.45) is 0. The predicted molar refractivity (Wildman–Crippen MR) is 67.0 cm³/mol. The minimum atomic E-state index is -1.25. The average molecular weight is 261 g/mol. The standard InChI is InChI=1S/C12H11N3O4/c1-13-9(16)6-15-11(17)8-5-3-2-4-7(8)10(14-15)12(18)19/h2-5H,6H2,1H3,(H,13,16)(H,18,19). The molecule has 0 spiro atoms. The molecule has 0 radical (unpaired) electrons. The van der Waals surface area contributed by atoms with E-state index in [-0.39, 0.29) is 23.0 Å². The minimum Gasteiger partial charge on any atom is -0.476 e. The number of carbonyl (C=O) groups is 2. The minimum absolute atomic E-state index is 0.221. The summed E-state index contributed by atoms with van der Waals surface area (Å²) in [4.78, 5) is 34.5. The molecule has 0 fully saturated rings. The number of hydrogen-bond acceptors (Lipinski definition) is 4. The highest BCUT2D eigenvalue weighted by atomic mass is 16.4. The largest absolute Gasteiger partial charge is 0.476 e. The molecule has 0 aliphatic rings. The van der Waals surface area contributed by atoms with Crippen molar-refractivity contribution in [2.75, 3.05) is 7.05 Å². The Morgan fingerprint density at radius 1 is 1.32 bits per heavy atom. The molecule has 1 aromatic carbocycles. The van der Waals surface area contributed by atoms with E-state index in [0.29, 0.717) is 0 Å². The number of benzene rings is 1. The maximum atomic E-state index is 12.1. The van der Waals surface area contributed by atoms with Crippen molar-refractivity contribution in [2.45, 2.75) is 6.54 Å². The van der Waals surface area contributed by atoms with Crippen molar-refractivity contribution in [3.05, 3.63) is 40.3 Å². The van der Waals surface area contributed by atoms with Crippen LogP contribution in [0.25, 0.3) is 10.8 Å². The van der Waals surface area contributed by atoms with Gasteiger partial charge in [-0.25, -0.2) is 9.48 Å². The first-order valence-electron chi connectivity index (χ1n) is 5.48. The molecule has 98 valence electrons.